The predicted molar refractivity (Wildman–Crippen MR) is 250 cm³/mol. The van der Waals surface area contributed by atoms with Crippen molar-refractivity contribution >= 4 is 23.9 Å². The van der Waals surface area contributed by atoms with Crippen molar-refractivity contribution in [3.63, 3.8) is 0 Å². The van der Waals surface area contributed by atoms with Crippen LogP contribution in [0, 0.1) is 5.92 Å². The Kier molecular flexibility index (Phi) is 42.0. The zero-order valence-corrected chi connectivity index (χ0v) is 42.3. The Morgan fingerprint density at radius 3 is 1.51 bits per heavy atom. The van der Waals surface area contributed by atoms with Crippen LogP contribution in [-0.2, 0) is 68.4 Å². The summed E-state index contributed by atoms with van der Waals surface area (Å²) < 4.78 is 44.9. The summed E-state index contributed by atoms with van der Waals surface area (Å²) in [7, 11) is 1.35. The monoisotopic (exact) mass is 899 g/mol. The highest BCUT2D eigenvalue weighted by molar-refractivity contribution is 5.67. The molecule has 1 aliphatic carbocycles. The minimum atomic E-state index is -0.328. The Labute approximate surface area is 382 Å². The maximum atomic E-state index is 10.4. The van der Waals surface area contributed by atoms with Gasteiger partial charge in [-0.05, 0) is 125 Å². The van der Waals surface area contributed by atoms with Gasteiger partial charge in [-0.3, -0.25) is 19.2 Å². The molecule has 0 N–H and O–H groups in total. The minimum absolute atomic E-state index is 0.0255. The van der Waals surface area contributed by atoms with Gasteiger partial charge in [0.05, 0.1) is 63.6 Å². The number of carbonyl (C=O) groups excluding carboxylic acids is 4. The lowest BCUT2D eigenvalue weighted by molar-refractivity contribution is -0.152. The Hall–Kier alpha value is -3.36. The van der Waals surface area contributed by atoms with E-state index in [1.54, 1.807) is 0 Å². The lowest BCUT2D eigenvalue weighted by Gasteiger charge is -2.25. The van der Waals surface area contributed by atoms with E-state index < -0.39 is 0 Å². The molecule has 1 aromatic carbocycles. The maximum absolute atomic E-state index is 10.4. The van der Waals surface area contributed by atoms with Gasteiger partial charge in [0, 0.05) is 40.9 Å². The maximum Gasteiger partial charge on any atom is 0.303 e. The van der Waals surface area contributed by atoms with Gasteiger partial charge in [0.15, 0.2) is 0 Å². The van der Waals surface area contributed by atoms with Crippen molar-refractivity contribution in [2.75, 3.05) is 40.1 Å². The van der Waals surface area contributed by atoms with E-state index in [2.05, 4.69) is 56.2 Å². The third kappa shape index (κ3) is 52.9. The van der Waals surface area contributed by atoms with Crippen LogP contribution in [0.25, 0.3) is 0 Å². The molecule has 13 nitrogen and oxygen atoms in total. The number of rotatable bonds is 6. The number of hydrogen-bond acceptors (Lipinski definition) is 13. The third-order valence-electron chi connectivity index (χ3n) is 8.54. The van der Waals surface area contributed by atoms with Gasteiger partial charge in [-0.25, -0.2) is 0 Å². The van der Waals surface area contributed by atoms with Gasteiger partial charge in [-0.15, -0.1) is 0 Å². The van der Waals surface area contributed by atoms with Crippen LogP contribution in [0.2, 0.25) is 0 Å². The number of carbonyl (C=O) groups is 4. The van der Waals surface area contributed by atoms with E-state index in [0.717, 1.165) is 45.0 Å². The van der Waals surface area contributed by atoms with E-state index in [9.17, 15) is 19.2 Å². The van der Waals surface area contributed by atoms with Crippen LogP contribution in [0.3, 0.4) is 0 Å². The molecule has 5 rings (SSSR count). The summed E-state index contributed by atoms with van der Waals surface area (Å²) in [4.78, 5) is 40.3. The van der Waals surface area contributed by atoms with Crippen LogP contribution >= 0.6 is 0 Å². The number of esters is 4. The van der Waals surface area contributed by atoms with Gasteiger partial charge in [0.2, 0.25) is 0 Å². The second-order valence-corrected chi connectivity index (χ2v) is 17.1. The molecule has 0 spiro atoms. The molecule has 3 aliphatic heterocycles. The van der Waals surface area contributed by atoms with Crippen molar-refractivity contribution in [2.45, 2.75) is 204 Å². The summed E-state index contributed by atoms with van der Waals surface area (Å²) >= 11 is 0. The quantitative estimate of drug-likeness (QED) is 0.151. The molecule has 5 unspecified atom stereocenters. The van der Waals surface area contributed by atoms with E-state index >= 15 is 0 Å². The van der Waals surface area contributed by atoms with Crippen molar-refractivity contribution in [3.05, 3.63) is 48.0 Å². The van der Waals surface area contributed by atoms with E-state index in [4.69, 9.17) is 33.2 Å². The summed E-state index contributed by atoms with van der Waals surface area (Å²) in [6.45, 7) is 32.2. The van der Waals surface area contributed by atoms with E-state index in [1.165, 1.54) is 79.8 Å². The number of allylic oxidation sites excluding steroid dienone is 1. The molecule has 5 atom stereocenters. The molecule has 0 amide bonds. The summed E-state index contributed by atoms with van der Waals surface area (Å²) in [6.07, 6.45) is 16.7. The van der Waals surface area contributed by atoms with Crippen molar-refractivity contribution in [2.24, 2.45) is 5.92 Å². The van der Waals surface area contributed by atoms with Crippen LogP contribution in [0.1, 0.15) is 161 Å². The highest BCUT2D eigenvalue weighted by atomic mass is 16.6. The summed E-state index contributed by atoms with van der Waals surface area (Å²) in [5, 5.41) is 0. The van der Waals surface area contributed by atoms with Gasteiger partial charge in [0.1, 0.15) is 12.2 Å². The first-order valence-corrected chi connectivity index (χ1v) is 22.8. The summed E-state index contributed by atoms with van der Waals surface area (Å²) in [5.41, 5.74) is 0.689. The molecule has 3 fully saturated rings. The smallest absolute Gasteiger partial charge is 0.303 e. The molecule has 63 heavy (non-hydrogen) atoms. The van der Waals surface area contributed by atoms with Crippen molar-refractivity contribution in [3.8, 4) is 0 Å². The Balaban J connectivity index is -0.000000663. The van der Waals surface area contributed by atoms with Gasteiger partial charge in [-0.2, -0.15) is 0 Å². The van der Waals surface area contributed by atoms with Crippen LogP contribution in [0.15, 0.2) is 42.5 Å². The molecule has 3 saturated heterocycles. The molecule has 0 radical (unpaired) electrons. The average Bonchev–Trinajstić information content (AvgIpc) is 3.69. The molecule has 0 aromatic heterocycles. The van der Waals surface area contributed by atoms with Gasteiger partial charge < -0.3 is 42.6 Å². The van der Waals surface area contributed by atoms with Crippen LogP contribution < -0.4 is 0 Å². The fourth-order valence-corrected chi connectivity index (χ4v) is 5.12. The molecular weight excluding hydrogens is 809 g/mol. The second-order valence-electron chi connectivity index (χ2n) is 17.1. The van der Waals surface area contributed by atoms with Gasteiger partial charge >= 0.3 is 23.9 Å². The minimum Gasteiger partial charge on any atom is -0.469 e. The van der Waals surface area contributed by atoms with Crippen LogP contribution in [0.4, 0.5) is 0 Å². The summed E-state index contributed by atoms with van der Waals surface area (Å²) in [6, 6.07) is 9.60. The molecule has 1 aromatic rings. The first-order chi connectivity index (χ1) is 29.5. The molecule has 3 heterocycles. The first-order valence-electron chi connectivity index (χ1n) is 22.8. The SMILES string of the molecule is CC(=O)OC(C)(C)C.CC(=O)OC(C)C.CC(=O)OCc1ccccc1.CC(C)C(C)OC1CC=CCC1.CC1CCCCO1.CC1CCCO1.CC1COCCO1.COC(C)=O. The van der Waals surface area contributed by atoms with E-state index in [1.807, 2.05) is 71.9 Å². The van der Waals surface area contributed by atoms with Crippen molar-refractivity contribution < 1.29 is 61.8 Å². The third-order valence-corrected chi connectivity index (χ3v) is 8.54. The molecule has 368 valence electrons. The lowest BCUT2D eigenvalue weighted by Crippen LogP contribution is -2.25. The second kappa shape index (κ2) is 41.4. The van der Waals surface area contributed by atoms with Crippen LogP contribution in [-0.4, -0.2) is 106 Å². The normalized spacial score (nSPS) is 20.2. The Morgan fingerprint density at radius 2 is 1.24 bits per heavy atom. The van der Waals surface area contributed by atoms with Crippen LogP contribution in [0.5, 0.6) is 0 Å². The molecule has 4 aliphatic rings. The van der Waals surface area contributed by atoms with E-state index in [0.29, 0.717) is 43.0 Å². The zero-order valence-electron chi connectivity index (χ0n) is 42.3. The number of benzene rings is 1. The molecule has 0 saturated carbocycles. The predicted octanol–water partition coefficient (Wildman–Crippen LogP) is 10.6. The zero-order chi connectivity index (χ0) is 48.6. The topological polar surface area (TPSA) is 151 Å². The van der Waals surface area contributed by atoms with Crippen molar-refractivity contribution in [1.82, 2.24) is 0 Å². The van der Waals surface area contributed by atoms with E-state index in [-0.39, 0.29) is 35.6 Å². The Bertz CT molecular complexity index is 1240. The number of ether oxygens (including phenoxy) is 9. The molecular formula is C50H90O13. The Morgan fingerprint density at radius 1 is 0.683 bits per heavy atom. The summed E-state index contributed by atoms with van der Waals surface area (Å²) in [5.74, 6) is -0.290. The van der Waals surface area contributed by atoms with Crippen molar-refractivity contribution in [1.29, 1.82) is 0 Å². The standard InChI is InChI=1S/C11H20O.C9H10O2.C6H12O2.C6H12O.2C5H10O2.C5H10O.C3H6O2/c1-9(2)10(3)12-11-7-5-4-6-8-11;1-8(10)11-7-9-5-3-2-4-6-9;1-5(7)8-6(2,3)4;1-6-4-2-3-5-7-6;1-5-4-6-2-3-7-5;1-4(2)7-5(3)6;1-5-3-2-4-6-5;1-3(4)5-2/h4-5,9-11H,6-8H2,1-3H3;2-6H,7H2,1H3;1-4H3;6H,2-5H2,1H3;5H,2-4H2,1H3;4H,1-3H3;5H,2-4H2,1H3;1-2H3. The highest BCUT2D eigenvalue weighted by Gasteiger charge is 2.16. The lowest BCUT2D eigenvalue weighted by atomic mass is 10.0. The first kappa shape index (κ1) is 63.9. The van der Waals surface area contributed by atoms with Gasteiger partial charge in [-0.1, -0.05) is 56.3 Å². The largest absolute Gasteiger partial charge is 0.469 e. The number of hydrogen-bond donors (Lipinski definition) is 0. The molecule has 13 heteroatoms. The number of methoxy groups -OCH3 is 1. The highest BCUT2D eigenvalue weighted by Crippen LogP contribution is 2.18. The fraction of sp³-hybridized carbons (Fsp3) is 0.760. The average molecular weight is 899 g/mol. The van der Waals surface area contributed by atoms with Gasteiger partial charge in [0.25, 0.3) is 0 Å². The fourth-order valence-electron chi connectivity index (χ4n) is 5.12. The molecule has 0 bridgehead atoms.